The van der Waals surface area contributed by atoms with Crippen LogP contribution in [0.3, 0.4) is 0 Å². The van der Waals surface area contributed by atoms with Crippen LogP contribution in [0.25, 0.3) is 22.3 Å². The standard InChI is InChI=1S/C25H23F2N7O/c26-18-6-4-17(5-7-18)20-8-9-21-22(30-20)23(32-24(28)31-21)33-10-12-34(13-11-33)25(35)29-15-16-2-1-3-19(27)14-16/h1-9,14H,10-13,15H2,(H,29,35)(H2,28,31,32). The molecule has 0 saturated carbocycles. The largest absolute Gasteiger partial charge is 0.368 e. The number of carbonyl (C=O) groups excluding carboxylic acids is 1. The summed E-state index contributed by atoms with van der Waals surface area (Å²) in [5.74, 6) is 0.0810. The van der Waals surface area contributed by atoms with Crippen LogP contribution in [0.5, 0.6) is 0 Å². The van der Waals surface area contributed by atoms with Crippen molar-refractivity contribution < 1.29 is 13.6 Å². The van der Waals surface area contributed by atoms with Crippen molar-refractivity contribution in [3.05, 3.63) is 77.9 Å². The zero-order valence-electron chi connectivity index (χ0n) is 18.8. The molecule has 35 heavy (non-hydrogen) atoms. The molecule has 1 fully saturated rings. The van der Waals surface area contributed by atoms with Crippen LogP contribution in [0, 0.1) is 11.6 Å². The lowest BCUT2D eigenvalue weighted by atomic mass is 10.1. The van der Waals surface area contributed by atoms with Crippen LogP contribution in [-0.4, -0.2) is 52.1 Å². The van der Waals surface area contributed by atoms with E-state index < -0.39 is 0 Å². The van der Waals surface area contributed by atoms with E-state index in [2.05, 4.69) is 15.3 Å². The Labute approximate surface area is 200 Å². The van der Waals surface area contributed by atoms with Crippen molar-refractivity contribution in [2.24, 2.45) is 0 Å². The summed E-state index contributed by atoms with van der Waals surface area (Å²) >= 11 is 0. The van der Waals surface area contributed by atoms with Gasteiger partial charge in [-0.15, -0.1) is 0 Å². The SMILES string of the molecule is Nc1nc(N2CCN(C(=O)NCc3cccc(F)c3)CC2)c2nc(-c3ccc(F)cc3)ccc2n1. The van der Waals surface area contributed by atoms with E-state index in [0.29, 0.717) is 54.3 Å². The van der Waals surface area contributed by atoms with Crippen LogP contribution in [-0.2, 0) is 6.54 Å². The van der Waals surface area contributed by atoms with E-state index in [9.17, 15) is 13.6 Å². The van der Waals surface area contributed by atoms with E-state index in [-0.39, 0.29) is 30.2 Å². The number of hydrogen-bond donors (Lipinski definition) is 2. The number of nitrogens with two attached hydrogens (primary N) is 1. The molecule has 10 heteroatoms. The zero-order valence-corrected chi connectivity index (χ0v) is 18.8. The molecule has 5 rings (SSSR count). The molecule has 4 aromatic rings. The van der Waals surface area contributed by atoms with Gasteiger partial charge in [-0.2, -0.15) is 4.98 Å². The molecular weight excluding hydrogens is 452 g/mol. The molecule has 1 aliphatic heterocycles. The topological polar surface area (TPSA) is 100 Å². The zero-order chi connectivity index (χ0) is 24.4. The van der Waals surface area contributed by atoms with Gasteiger partial charge in [0.15, 0.2) is 5.82 Å². The molecule has 3 heterocycles. The van der Waals surface area contributed by atoms with Crippen LogP contribution in [0.4, 0.5) is 25.3 Å². The molecule has 1 saturated heterocycles. The van der Waals surface area contributed by atoms with Crippen molar-refractivity contribution in [3.8, 4) is 11.3 Å². The van der Waals surface area contributed by atoms with Gasteiger partial charge < -0.3 is 20.9 Å². The molecule has 0 unspecified atom stereocenters. The third-order valence-corrected chi connectivity index (χ3v) is 5.88. The van der Waals surface area contributed by atoms with Crippen molar-refractivity contribution in [1.82, 2.24) is 25.2 Å². The second kappa shape index (κ2) is 9.49. The Morgan fingerprint density at radius 3 is 2.43 bits per heavy atom. The summed E-state index contributed by atoms with van der Waals surface area (Å²) in [6.07, 6.45) is 0. The molecule has 0 atom stereocenters. The molecule has 1 aliphatic rings. The molecule has 0 radical (unpaired) electrons. The highest BCUT2D eigenvalue weighted by Gasteiger charge is 2.24. The van der Waals surface area contributed by atoms with Crippen molar-refractivity contribution in [2.75, 3.05) is 36.8 Å². The number of urea groups is 1. The number of piperazine rings is 1. The first kappa shape index (κ1) is 22.5. The summed E-state index contributed by atoms with van der Waals surface area (Å²) in [7, 11) is 0. The van der Waals surface area contributed by atoms with Gasteiger partial charge in [0.2, 0.25) is 5.95 Å². The summed E-state index contributed by atoms with van der Waals surface area (Å²) < 4.78 is 26.7. The summed E-state index contributed by atoms with van der Waals surface area (Å²) in [5.41, 5.74) is 9.29. The van der Waals surface area contributed by atoms with Gasteiger partial charge in [-0.05, 0) is 54.1 Å². The Bertz CT molecular complexity index is 1370. The predicted molar refractivity (Wildman–Crippen MR) is 130 cm³/mol. The van der Waals surface area contributed by atoms with Crippen LogP contribution < -0.4 is 16.0 Å². The Balaban J connectivity index is 1.31. The Morgan fingerprint density at radius 1 is 0.914 bits per heavy atom. The van der Waals surface area contributed by atoms with E-state index in [0.717, 1.165) is 5.56 Å². The third-order valence-electron chi connectivity index (χ3n) is 5.88. The maximum atomic E-state index is 13.4. The summed E-state index contributed by atoms with van der Waals surface area (Å²) in [5, 5.41) is 2.84. The van der Waals surface area contributed by atoms with Gasteiger partial charge in [-0.3, -0.25) is 0 Å². The number of anilines is 2. The second-order valence-corrected chi connectivity index (χ2v) is 8.24. The number of amides is 2. The number of nitrogen functional groups attached to an aromatic ring is 1. The minimum absolute atomic E-state index is 0.138. The van der Waals surface area contributed by atoms with Gasteiger partial charge in [0.05, 0.1) is 11.2 Å². The first-order valence-corrected chi connectivity index (χ1v) is 11.2. The number of carbonyl (C=O) groups is 1. The highest BCUT2D eigenvalue weighted by atomic mass is 19.1. The molecule has 178 valence electrons. The number of fused-ring (bicyclic) bond motifs is 1. The molecule has 0 spiro atoms. The van der Waals surface area contributed by atoms with Crippen molar-refractivity contribution >= 4 is 28.8 Å². The normalized spacial score (nSPS) is 13.8. The second-order valence-electron chi connectivity index (χ2n) is 8.24. The molecule has 8 nitrogen and oxygen atoms in total. The lowest BCUT2D eigenvalue weighted by Gasteiger charge is -2.35. The quantitative estimate of drug-likeness (QED) is 0.468. The molecule has 0 bridgehead atoms. The smallest absolute Gasteiger partial charge is 0.317 e. The van der Waals surface area contributed by atoms with Gasteiger partial charge in [0.1, 0.15) is 17.2 Å². The highest BCUT2D eigenvalue weighted by Crippen LogP contribution is 2.27. The maximum Gasteiger partial charge on any atom is 0.317 e. The lowest BCUT2D eigenvalue weighted by molar-refractivity contribution is 0.194. The van der Waals surface area contributed by atoms with Gasteiger partial charge in [0, 0.05) is 38.3 Å². The van der Waals surface area contributed by atoms with Gasteiger partial charge >= 0.3 is 6.03 Å². The third kappa shape index (κ3) is 4.96. The minimum atomic E-state index is -0.335. The van der Waals surface area contributed by atoms with Crippen LogP contribution in [0.1, 0.15) is 5.56 Å². The van der Waals surface area contributed by atoms with E-state index >= 15 is 0 Å². The monoisotopic (exact) mass is 475 g/mol. The number of rotatable bonds is 4. The van der Waals surface area contributed by atoms with Crippen LogP contribution >= 0.6 is 0 Å². The van der Waals surface area contributed by atoms with E-state index in [1.165, 1.54) is 24.3 Å². The van der Waals surface area contributed by atoms with Crippen molar-refractivity contribution in [1.29, 1.82) is 0 Å². The molecule has 2 aromatic carbocycles. The van der Waals surface area contributed by atoms with Crippen LogP contribution in [0.2, 0.25) is 0 Å². The number of hydrogen-bond acceptors (Lipinski definition) is 6. The first-order valence-electron chi connectivity index (χ1n) is 11.2. The number of halogens is 2. The average molecular weight is 476 g/mol. The van der Waals surface area contributed by atoms with Gasteiger partial charge in [-0.1, -0.05) is 12.1 Å². The maximum absolute atomic E-state index is 13.4. The Morgan fingerprint density at radius 2 is 1.69 bits per heavy atom. The van der Waals surface area contributed by atoms with E-state index in [1.807, 2.05) is 17.0 Å². The predicted octanol–water partition coefficient (Wildman–Crippen LogP) is 3.58. The molecule has 2 amide bonds. The molecule has 3 N–H and O–H groups in total. The summed E-state index contributed by atoms with van der Waals surface area (Å²) in [6, 6.07) is 15.7. The summed E-state index contributed by atoms with van der Waals surface area (Å²) in [6.45, 7) is 2.25. The Hall–Kier alpha value is -4.34. The fourth-order valence-corrected chi connectivity index (χ4v) is 4.08. The number of nitrogens with zero attached hydrogens (tertiary/aromatic N) is 5. The van der Waals surface area contributed by atoms with Crippen LogP contribution in [0.15, 0.2) is 60.7 Å². The summed E-state index contributed by atoms with van der Waals surface area (Å²) in [4.78, 5) is 29.8. The minimum Gasteiger partial charge on any atom is -0.368 e. The fraction of sp³-hybridized carbons (Fsp3) is 0.200. The number of nitrogens with one attached hydrogen (secondary N) is 1. The fourth-order valence-electron chi connectivity index (χ4n) is 4.08. The highest BCUT2D eigenvalue weighted by molar-refractivity contribution is 5.88. The number of benzene rings is 2. The molecule has 2 aromatic heterocycles. The Kier molecular flexibility index (Phi) is 6.09. The first-order chi connectivity index (χ1) is 17.0. The lowest BCUT2D eigenvalue weighted by Crippen LogP contribution is -2.52. The molecule has 0 aliphatic carbocycles. The van der Waals surface area contributed by atoms with E-state index in [1.54, 1.807) is 29.2 Å². The van der Waals surface area contributed by atoms with E-state index in [4.69, 9.17) is 10.7 Å². The number of pyridine rings is 1. The van der Waals surface area contributed by atoms with Gasteiger partial charge in [0.25, 0.3) is 0 Å². The average Bonchev–Trinajstić information content (AvgIpc) is 2.87. The van der Waals surface area contributed by atoms with Gasteiger partial charge in [-0.25, -0.2) is 23.5 Å². The van der Waals surface area contributed by atoms with Crippen molar-refractivity contribution in [2.45, 2.75) is 6.54 Å². The molecular formula is C25H23F2N7O. The van der Waals surface area contributed by atoms with Crippen molar-refractivity contribution in [3.63, 3.8) is 0 Å². The number of aromatic nitrogens is 3.